The highest BCUT2D eigenvalue weighted by atomic mass is 15.1. The van der Waals surface area contributed by atoms with Gasteiger partial charge in [-0.25, -0.2) is 15.0 Å². The molecule has 2 N–H and O–H groups in total. The molecule has 0 aliphatic rings. The van der Waals surface area contributed by atoms with Crippen molar-refractivity contribution in [2.24, 2.45) is 0 Å². The van der Waals surface area contributed by atoms with Crippen molar-refractivity contribution in [1.29, 1.82) is 0 Å². The van der Waals surface area contributed by atoms with Crippen LogP contribution >= 0.6 is 0 Å². The van der Waals surface area contributed by atoms with Gasteiger partial charge in [0.05, 0.1) is 0 Å². The molecule has 0 aliphatic heterocycles. The molecule has 1 aromatic heterocycles. The van der Waals surface area contributed by atoms with Crippen molar-refractivity contribution in [3.05, 3.63) is 67.3 Å². The van der Waals surface area contributed by atoms with Crippen LogP contribution in [0.15, 0.2) is 67.3 Å². The molecule has 98 valence electrons. The van der Waals surface area contributed by atoms with Gasteiger partial charge < -0.3 is 10.6 Å². The largest absolute Gasteiger partial charge is 0.356 e. The van der Waals surface area contributed by atoms with E-state index in [0.717, 1.165) is 17.1 Å². The quantitative estimate of drug-likeness (QED) is 0.755. The molecule has 0 amide bonds. The van der Waals surface area contributed by atoms with Crippen LogP contribution in [0.25, 0.3) is 0 Å². The first-order valence-corrected chi connectivity index (χ1v) is 6.21. The molecule has 3 aromatic rings. The van der Waals surface area contributed by atoms with Crippen molar-refractivity contribution in [2.75, 3.05) is 10.6 Å². The highest BCUT2D eigenvalue weighted by Crippen LogP contribution is 2.19. The van der Waals surface area contributed by atoms with Crippen LogP contribution in [-0.4, -0.2) is 15.0 Å². The van der Waals surface area contributed by atoms with Gasteiger partial charge in [-0.3, -0.25) is 0 Å². The molecule has 20 heavy (non-hydrogen) atoms. The van der Waals surface area contributed by atoms with Gasteiger partial charge in [0.1, 0.15) is 12.7 Å². The predicted molar refractivity (Wildman–Crippen MR) is 79.3 cm³/mol. The van der Waals surface area contributed by atoms with E-state index in [1.807, 2.05) is 54.6 Å². The highest BCUT2D eigenvalue weighted by Gasteiger charge is 1.97. The molecule has 0 saturated carbocycles. The van der Waals surface area contributed by atoms with E-state index in [1.165, 1.54) is 12.7 Å². The minimum Gasteiger partial charge on any atom is -0.356 e. The van der Waals surface area contributed by atoms with Crippen molar-refractivity contribution in [2.45, 2.75) is 0 Å². The molecule has 5 heteroatoms. The first-order valence-electron chi connectivity index (χ1n) is 6.21. The SMILES string of the molecule is c1ccc(Nc2ccc(Nc3ncncn3)cc2)cc1. The second-order valence-electron chi connectivity index (χ2n) is 4.16. The van der Waals surface area contributed by atoms with Crippen molar-refractivity contribution >= 4 is 23.0 Å². The van der Waals surface area contributed by atoms with Crippen molar-refractivity contribution < 1.29 is 0 Å². The number of nitrogens with one attached hydrogen (secondary N) is 2. The molecule has 0 bridgehead atoms. The number of para-hydroxylation sites is 1. The van der Waals surface area contributed by atoms with Gasteiger partial charge >= 0.3 is 0 Å². The first kappa shape index (κ1) is 12.1. The molecule has 2 aromatic carbocycles. The van der Waals surface area contributed by atoms with Gasteiger partial charge in [0.15, 0.2) is 0 Å². The first-order chi connectivity index (χ1) is 9.90. The number of aromatic nitrogens is 3. The molecule has 0 fully saturated rings. The molecule has 0 aliphatic carbocycles. The minimum atomic E-state index is 0.531. The lowest BCUT2D eigenvalue weighted by Crippen LogP contribution is -1.97. The highest BCUT2D eigenvalue weighted by molar-refractivity contribution is 5.63. The van der Waals surface area contributed by atoms with E-state index < -0.39 is 0 Å². The summed E-state index contributed by atoms with van der Waals surface area (Å²) in [6, 6.07) is 18.0. The summed E-state index contributed by atoms with van der Waals surface area (Å²) in [4.78, 5) is 11.8. The third-order valence-electron chi connectivity index (χ3n) is 2.70. The van der Waals surface area contributed by atoms with E-state index in [0.29, 0.717) is 5.95 Å². The molecule has 1 heterocycles. The van der Waals surface area contributed by atoms with Crippen molar-refractivity contribution in [3.63, 3.8) is 0 Å². The number of rotatable bonds is 4. The molecule has 0 spiro atoms. The van der Waals surface area contributed by atoms with Crippen LogP contribution in [0.2, 0.25) is 0 Å². The minimum absolute atomic E-state index is 0.531. The Morgan fingerprint density at radius 1 is 0.600 bits per heavy atom. The van der Waals surface area contributed by atoms with Crippen LogP contribution in [-0.2, 0) is 0 Å². The second-order valence-corrected chi connectivity index (χ2v) is 4.16. The molecule has 0 saturated heterocycles. The van der Waals surface area contributed by atoms with E-state index in [9.17, 15) is 0 Å². The summed E-state index contributed by atoms with van der Waals surface area (Å²) in [5.41, 5.74) is 3.01. The molecule has 0 unspecified atom stereocenters. The number of hydrogen-bond acceptors (Lipinski definition) is 5. The Morgan fingerprint density at radius 2 is 1.15 bits per heavy atom. The Hall–Kier alpha value is -2.95. The molecule has 0 radical (unpaired) electrons. The van der Waals surface area contributed by atoms with Gasteiger partial charge in [0, 0.05) is 17.1 Å². The van der Waals surface area contributed by atoms with Crippen LogP contribution in [0.5, 0.6) is 0 Å². The molecule has 5 nitrogen and oxygen atoms in total. The maximum atomic E-state index is 4.02. The Balaban J connectivity index is 1.69. The van der Waals surface area contributed by atoms with Crippen LogP contribution in [0.1, 0.15) is 0 Å². The fourth-order valence-corrected chi connectivity index (χ4v) is 1.76. The molecular weight excluding hydrogens is 250 g/mol. The second kappa shape index (κ2) is 5.79. The van der Waals surface area contributed by atoms with E-state index in [2.05, 4.69) is 25.6 Å². The van der Waals surface area contributed by atoms with Crippen molar-refractivity contribution in [3.8, 4) is 0 Å². The summed E-state index contributed by atoms with van der Waals surface area (Å²) in [7, 11) is 0. The van der Waals surface area contributed by atoms with Crippen LogP contribution in [0.4, 0.5) is 23.0 Å². The van der Waals surface area contributed by atoms with Gasteiger partial charge in [0.25, 0.3) is 0 Å². The third-order valence-corrected chi connectivity index (χ3v) is 2.70. The predicted octanol–water partition coefficient (Wildman–Crippen LogP) is 3.36. The van der Waals surface area contributed by atoms with Gasteiger partial charge in [-0.1, -0.05) is 18.2 Å². The summed E-state index contributed by atoms with van der Waals surface area (Å²) in [5, 5.41) is 6.43. The summed E-state index contributed by atoms with van der Waals surface area (Å²) < 4.78 is 0. The number of benzene rings is 2. The zero-order valence-corrected chi connectivity index (χ0v) is 10.7. The third kappa shape index (κ3) is 3.08. The lowest BCUT2D eigenvalue weighted by Gasteiger charge is -2.08. The zero-order chi connectivity index (χ0) is 13.6. The molecule has 3 rings (SSSR count). The Labute approximate surface area is 116 Å². The normalized spacial score (nSPS) is 10.0. The van der Waals surface area contributed by atoms with E-state index >= 15 is 0 Å². The summed E-state index contributed by atoms with van der Waals surface area (Å²) in [6.07, 6.45) is 2.92. The fraction of sp³-hybridized carbons (Fsp3) is 0. The topological polar surface area (TPSA) is 62.7 Å². The van der Waals surface area contributed by atoms with Crippen molar-refractivity contribution in [1.82, 2.24) is 15.0 Å². The van der Waals surface area contributed by atoms with E-state index in [4.69, 9.17) is 0 Å². The van der Waals surface area contributed by atoms with Gasteiger partial charge in [-0.15, -0.1) is 0 Å². The summed E-state index contributed by atoms with van der Waals surface area (Å²) in [6.45, 7) is 0. The Morgan fingerprint density at radius 3 is 1.80 bits per heavy atom. The van der Waals surface area contributed by atoms with Crippen LogP contribution < -0.4 is 10.6 Å². The Bertz CT molecular complexity index is 592. The summed E-state index contributed by atoms with van der Waals surface area (Å²) >= 11 is 0. The average Bonchev–Trinajstić information content (AvgIpc) is 2.51. The zero-order valence-electron chi connectivity index (χ0n) is 10.7. The van der Waals surface area contributed by atoms with E-state index in [1.54, 1.807) is 0 Å². The molecular formula is C15H13N5. The van der Waals surface area contributed by atoms with Gasteiger partial charge in [0.2, 0.25) is 5.95 Å². The number of hydrogen-bond donors (Lipinski definition) is 2. The monoisotopic (exact) mass is 263 g/mol. The van der Waals surface area contributed by atoms with Gasteiger partial charge in [-0.2, -0.15) is 0 Å². The number of nitrogens with zero attached hydrogens (tertiary/aromatic N) is 3. The fourth-order valence-electron chi connectivity index (χ4n) is 1.76. The van der Waals surface area contributed by atoms with Gasteiger partial charge in [-0.05, 0) is 36.4 Å². The Kier molecular flexibility index (Phi) is 3.51. The maximum absolute atomic E-state index is 4.02. The lowest BCUT2D eigenvalue weighted by molar-refractivity contribution is 1.05. The molecule has 0 atom stereocenters. The number of anilines is 4. The maximum Gasteiger partial charge on any atom is 0.230 e. The average molecular weight is 263 g/mol. The summed E-state index contributed by atoms with van der Waals surface area (Å²) in [5.74, 6) is 0.531. The van der Waals surface area contributed by atoms with Crippen LogP contribution in [0.3, 0.4) is 0 Å². The lowest BCUT2D eigenvalue weighted by atomic mass is 10.2. The smallest absolute Gasteiger partial charge is 0.230 e. The standard InChI is InChI=1S/C15H13N5/c1-2-4-12(5-3-1)19-13-6-8-14(9-7-13)20-15-17-10-16-11-18-15/h1-11,19H,(H,16,17,18,20). The van der Waals surface area contributed by atoms with E-state index in [-0.39, 0.29) is 0 Å². The van der Waals surface area contributed by atoms with Crippen LogP contribution in [0, 0.1) is 0 Å².